The van der Waals surface area contributed by atoms with Crippen molar-refractivity contribution >= 4 is 17.6 Å². The minimum atomic E-state index is -0.912. The zero-order valence-electron chi connectivity index (χ0n) is 17.3. The molecule has 1 atom stereocenters. The number of allylic oxidation sites excluding steroid dienone is 2. The van der Waals surface area contributed by atoms with Crippen LogP contribution in [0.5, 0.6) is 0 Å². The molecular formula is C21H22N4O6. The fourth-order valence-corrected chi connectivity index (χ4v) is 3.59. The van der Waals surface area contributed by atoms with Gasteiger partial charge in [0.05, 0.1) is 42.0 Å². The fourth-order valence-electron chi connectivity index (χ4n) is 3.59. The van der Waals surface area contributed by atoms with E-state index in [4.69, 9.17) is 9.47 Å². The summed E-state index contributed by atoms with van der Waals surface area (Å²) in [5.74, 6) is -2.19. The molecule has 10 nitrogen and oxygen atoms in total. The van der Waals surface area contributed by atoms with Gasteiger partial charge in [0.2, 0.25) is 0 Å². The number of ether oxygens (including phenoxy) is 2. The van der Waals surface area contributed by atoms with E-state index in [9.17, 15) is 19.7 Å². The number of carbonyl (C=O) groups is 2. The number of aromatic nitrogens is 2. The van der Waals surface area contributed by atoms with Gasteiger partial charge in [-0.1, -0.05) is 12.1 Å². The first kappa shape index (κ1) is 21.8. The Kier molecular flexibility index (Phi) is 6.49. The summed E-state index contributed by atoms with van der Waals surface area (Å²) in [5.41, 5.74) is 2.32. The number of aromatic amines is 1. The van der Waals surface area contributed by atoms with Gasteiger partial charge in [-0.2, -0.15) is 0 Å². The van der Waals surface area contributed by atoms with Crippen molar-refractivity contribution in [3.05, 3.63) is 80.7 Å². The molecule has 10 heteroatoms. The second kappa shape index (κ2) is 9.24. The highest BCUT2D eigenvalue weighted by Gasteiger charge is 2.39. The number of methoxy groups -OCH3 is 1. The Labute approximate surface area is 178 Å². The van der Waals surface area contributed by atoms with E-state index in [1.54, 1.807) is 26.1 Å². The summed E-state index contributed by atoms with van der Waals surface area (Å²) in [6.07, 6.45) is 3.42. The number of imidazole rings is 1. The van der Waals surface area contributed by atoms with E-state index in [0.29, 0.717) is 17.0 Å². The number of benzene rings is 1. The summed E-state index contributed by atoms with van der Waals surface area (Å²) in [6, 6.07) is 5.83. The van der Waals surface area contributed by atoms with Gasteiger partial charge in [0, 0.05) is 41.8 Å². The van der Waals surface area contributed by atoms with Crippen LogP contribution in [0.2, 0.25) is 0 Å². The molecule has 0 spiro atoms. The Morgan fingerprint density at radius 3 is 2.65 bits per heavy atom. The molecule has 162 valence electrons. The van der Waals surface area contributed by atoms with Crippen LogP contribution in [-0.4, -0.2) is 40.5 Å². The van der Waals surface area contributed by atoms with E-state index < -0.39 is 22.8 Å². The monoisotopic (exact) mass is 426 g/mol. The van der Waals surface area contributed by atoms with Crippen molar-refractivity contribution in [1.82, 2.24) is 15.3 Å². The minimum absolute atomic E-state index is 0.123. The first-order valence-electron chi connectivity index (χ1n) is 9.55. The second-order valence-electron chi connectivity index (χ2n) is 6.81. The minimum Gasteiger partial charge on any atom is -0.466 e. The van der Waals surface area contributed by atoms with E-state index >= 15 is 0 Å². The predicted molar refractivity (Wildman–Crippen MR) is 110 cm³/mol. The van der Waals surface area contributed by atoms with Gasteiger partial charge in [0.25, 0.3) is 5.69 Å². The number of rotatable bonds is 7. The third-order valence-corrected chi connectivity index (χ3v) is 4.88. The van der Waals surface area contributed by atoms with Gasteiger partial charge in [-0.3, -0.25) is 10.1 Å². The smallest absolute Gasteiger partial charge is 0.336 e. The second-order valence-corrected chi connectivity index (χ2v) is 6.81. The number of non-ortho nitro benzene ring substituents is 1. The number of carbonyl (C=O) groups excluding carboxylic acids is 2. The summed E-state index contributed by atoms with van der Waals surface area (Å²) >= 11 is 0. The number of H-pyrrole nitrogens is 1. The zero-order valence-corrected chi connectivity index (χ0v) is 17.3. The molecule has 2 heterocycles. The average Bonchev–Trinajstić information content (AvgIpc) is 3.26. The van der Waals surface area contributed by atoms with Crippen LogP contribution in [0.15, 0.2) is 59.3 Å². The molecule has 3 rings (SSSR count). The lowest BCUT2D eigenvalue weighted by Gasteiger charge is -2.31. The molecule has 1 unspecified atom stereocenters. The van der Waals surface area contributed by atoms with Crippen molar-refractivity contribution in [3.63, 3.8) is 0 Å². The maximum atomic E-state index is 13.0. The van der Waals surface area contributed by atoms with E-state index in [1.165, 1.54) is 31.6 Å². The van der Waals surface area contributed by atoms with Gasteiger partial charge >= 0.3 is 11.9 Å². The normalized spacial score (nSPS) is 16.0. The van der Waals surface area contributed by atoms with Gasteiger partial charge in [0.1, 0.15) is 0 Å². The molecule has 0 saturated carbocycles. The number of nitro groups is 1. The molecule has 1 aromatic carbocycles. The molecule has 2 aromatic rings. The maximum absolute atomic E-state index is 13.0. The van der Waals surface area contributed by atoms with Gasteiger partial charge in [-0.15, -0.1) is 0 Å². The Morgan fingerprint density at radius 2 is 2.03 bits per heavy atom. The molecule has 0 bridgehead atoms. The molecule has 1 aliphatic heterocycles. The van der Waals surface area contributed by atoms with Gasteiger partial charge < -0.3 is 19.8 Å². The van der Waals surface area contributed by atoms with E-state index in [0.717, 1.165) is 5.69 Å². The lowest BCUT2D eigenvalue weighted by atomic mass is 9.79. The van der Waals surface area contributed by atoms with Crippen LogP contribution in [0.1, 0.15) is 31.0 Å². The van der Waals surface area contributed by atoms with Crippen LogP contribution in [0.4, 0.5) is 5.69 Å². The summed E-state index contributed by atoms with van der Waals surface area (Å²) in [5, 5.41) is 14.5. The number of esters is 2. The van der Waals surface area contributed by atoms with Crippen LogP contribution >= 0.6 is 0 Å². The van der Waals surface area contributed by atoms with Crippen LogP contribution < -0.4 is 5.32 Å². The summed E-state index contributed by atoms with van der Waals surface area (Å²) in [6.45, 7) is 3.48. The molecular weight excluding hydrogens is 404 g/mol. The number of nitrogens with one attached hydrogen (secondary N) is 2. The molecule has 0 fully saturated rings. The number of hydrogen-bond donors (Lipinski definition) is 2. The van der Waals surface area contributed by atoms with Crippen molar-refractivity contribution in [2.24, 2.45) is 0 Å². The third-order valence-electron chi connectivity index (χ3n) is 4.88. The molecule has 1 aromatic heterocycles. The summed E-state index contributed by atoms with van der Waals surface area (Å²) in [7, 11) is 1.24. The molecule has 1 aliphatic rings. The highest BCUT2D eigenvalue weighted by atomic mass is 16.6. The first-order valence-corrected chi connectivity index (χ1v) is 9.55. The zero-order chi connectivity index (χ0) is 22.5. The predicted octanol–water partition coefficient (Wildman–Crippen LogP) is 2.51. The first-order chi connectivity index (χ1) is 14.9. The van der Waals surface area contributed by atoms with E-state index in [2.05, 4.69) is 15.3 Å². The van der Waals surface area contributed by atoms with Crippen molar-refractivity contribution in [2.75, 3.05) is 13.7 Å². The fraction of sp³-hybridized carbons (Fsp3) is 0.286. The van der Waals surface area contributed by atoms with Crippen LogP contribution in [0.3, 0.4) is 0 Å². The maximum Gasteiger partial charge on any atom is 0.336 e. The highest BCUT2D eigenvalue weighted by molar-refractivity contribution is 6.00. The molecule has 0 aliphatic carbocycles. The van der Waals surface area contributed by atoms with Crippen LogP contribution in [-0.2, 0) is 25.5 Å². The van der Waals surface area contributed by atoms with Crippen molar-refractivity contribution in [3.8, 4) is 0 Å². The average molecular weight is 426 g/mol. The number of nitrogens with zero attached hydrogens (tertiary/aromatic N) is 2. The lowest BCUT2D eigenvalue weighted by molar-refractivity contribution is -0.384. The third kappa shape index (κ3) is 4.47. The molecule has 0 amide bonds. The summed E-state index contributed by atoms with van der Waals surface area (Å²) < 4.78 is 10.2. The topological polar surface area (TPSA) is 136 Å². The van der Waals surface area contributed by atoms with Gasteiger partial charge in [-0.25, -0.2) is 14.6 Å². The Bertz CT molecular complexity index is 1070. The Morgan fingerprint density at radius 1 is 1.26 bits per heavy atom. The number of dihydropyridines is 1. The largest absolute Gasteiger partial charge is 0.466 e. The Balaban J connectivity index is 2.24. The number of hydrogen-bond acceptors (Lipinski definition) is 8. The van der Waals surface area contributed by atoms with E-state index in [1.807, 2.05) is 0 Å². The van der Waals surface area contributed by atoms with Crippen molar-refractivity contribution in [2.45, 2.75) is 26.2 Å². The standard InChI is InChI=1S/C21H22N4O6/c1-4-31-21(27)19-16(9-14-10-22-11-23-14)24-12(2)17(20(26)30-3)18(19)13-6-5-7-15(8-13)25(28)29/h5-8,10-11,18,24H,4,9H2,1-3H3,(H,22,23). The van der Waals surface area contributed by atoms with E-state index in [-0.39, 0.29) is 29.9 Å². The molecule has 2 N–H and O–H groups in total. The van der Waals surface area contributed by atoms with Crippen LogP contribution in [0, 0.1) is 10.1 Å². The quantitative estimate of drug-likeness (QED) is 0.391. The Hall–Kier alpha value is -3.95. The number of nitro benzene ring substituents is 1. The summed E-state index contributed by atoms with van der Waals surface area (Å²) in [4.78, 5) is 43.5. The van der Waals surface area contributed by atoms with Crippen molar-refractivity contribution in [1.29, 1.82) is 0 Å². The van der Waals surface area contributed by atoms with Gasteiger partial charge in [-0.05, 0) is 19.4 Å². The van der Waals surface area contributed by atoms with Crippen molar-refractivity contribution < 1.29 is 24.0 Å². The molecule has 0 saturated heterocycles. The SMILES string of the molecule is CCOC(=O)C1=C(Cc2cnc[nH]2)NC(C)=C(C(=O)OC)C1c1cccc([N+](=O)[O-])c1. The lowest BCUT2D eigenvalue weighted by Crippen LogP contribution is -2.34. The molecule has 0 radical (unpaired) electrons. The van der Waals surface area contributed by atoms with Gasteiger partial charge in [0.15, 0.2) is 0 Å². The van der Waals surface area contributed by atoms with Crippen LogP contribution in [0.25, 0.3) is 0 Å². The highest BCUT2D eigenvalue weighted by Crippen LogP contribution is 2.40. The molecule has 31 heavy (non-hydrogen) atoms.